The fourth-order valence-electron chi connectivity index (χ4n) is 1.58. The van der Waals surface area contributed by atoms with Crippen LogP contribution in [0.1, 0.15) is 26.6 Å². The van der Waals surface area contributed by atoms with Gasteiger partial charge in [0.15, 0.2) is 0 Å². The molecule has 5 heteroatoms. The summed E-state index contributed by atoms with van der Waals surface area (Å²) >= 11 is 1.51. The molecule has 0 aliphatic carbocycles. The molecule has 0 saturated heterocycles. The molecule has 0 fully saturated rings. The fourth-order valence-corrected chi connectivity index (χ4v) is 2.29. The van der Waals surface area contributed by atoms with Crippen molar-refractivity contribution in [2.24, 2.45) is 0 Å². The first-order chi connectivity index (χ1) is 8.58. The van der Waals surface area contributed by atoms with Crippen LogP contribution in [0.3, 0.4) is 0 Å². The third kappa shape index (κ3) is 2.68. The van der Waals surface area contributed by atoms with Gasteiger partial charge in [0.2, 0.25) is 0 Å². The fraction of sp³-hybridized carbons (Fsp3) is 0.231. The number of nitrogens with one attached hydrogen (secondary N) is 1. The van der Waals surface area contributed by atoms with Gasteiger partial charge in [-0.2, -0.15) is 0 Å². The summed E-state index contributed by atoms with van der Waals surface area (Å²) in [6, 6.07) is 5.11. The number of aryl methyl sites for hydroxylation is 2. The summed E-state index contributed by atoms with van der Waals surface area (Å²) in [4.78, 5) is 16.2. The quantitative estimate of drug-likeness (QED) is 0.892. The molecule has 0 atom stereocenters. The molecule has 18 heavy (non-hydrogen) atoms. The Morgan fingerprint density at radius 1 is 1.44 bits per heavy atom. The average molecular weight is 262 g/mol. The van der Waals surface area contributed by atoms with E-state index in [1.165, 1.54) is 11.3 Å². The van der Waals surface area contributed by atoms with Gasteiger partial charge in [-0.15, -0.1) is 11.3 Å². The van der Waals surface area contributed by atoms with Crippen LogP contribution in [-0.2, 0) is 6.54 Å². The minimum absolute atomic E-state index is 0.0327. The van der Waals surface area contributed by atoms with Crippen LogP contribution in [0.25, 0.3) is 0 Å². The van der Waals surface area contributed by atoms with E-state index < -0.39 is 0 Å². The highest BCUT2D eigenvalue weighted by Gasteiger charge is 2.12. The third-order valence-corrected chi connectivity index (χ3v) is 3.52. The number of phenols is 1. The molecule has 0 saturated carbocycles. The van der Waals surface area contributed by atoms with E-state index >= 15 is 0 Å². The van der Waals surface area contributed by atoms with Crippen molar-refractivity contribution in [3.63, 3.8) is 0 Å². The van der Waals surface area contributed by atoms with Gasteiger partial charge in [-0.25, -0.2) is 4.98 Å². The van der Waals surface area contributed by atoms with Crippen molar-refractivity contribution in [3.8, 4) is 5.75 Å². The zero-order chi connectivity index (χ0) is 13.1. The summed E-state index contributed by atoms with van der Waals surface area (Å²) in [5.74, 6) is -0.255. The van der Waals surface area contributed by atoms with Gasteiger partial charge < -0.3 is 10.4 Å². The molecule has 0 aliphatic heterocycles. The van der Waals surface area contributed by atoms with E-state index in [1.54, 1.807) is 25.1 Å². The number of carbonyl (C=O) groups excluding carboxylic acids is 1. The number of aromatic nitrogens is 1. The van der Waals surface area contributed by atoms with Crippen LogP contribution >= 0.6 is 11.3 Å². The number of amides is 1. The molecule has 2 rings (SSSR count). The van der Waals surface area contributed by atoms with E-state index in [0.29, 0.717) is 17.7 Å². The summed E-state index contributed by atoms with van der Waals surface area (Å²) in [6.07, 6.45) is 0. The predicted molar refractivity (Wildman–Crippen MR) is 70.9 cm³/mol. The Morgan fingerprint density at radius 2 is 2.22 bits per heavy atom. The van der Waals surface area contributed by atoms with Gasteiger partial charge in [0, 0.05) is 11.1 Å². The van der Waals surface area contributed by atoms with Crippen LogP contribution in [0, 0.1) is 13.8 Å². The van der Waals surface area contributed by atoms with Crippen molar-refractivity contribution in [3.05, 3.63) is 45.4 Å². The largest absolute Gasteiger partial charge is 0.507 e. The number of nitrogens with zero attached hydrogens (tertiary/aromatic N) is 1. The van der Waals surface area contributed by atoms with E-state index in [-0.39, 0.29) is 11.7 Å². The number of phenolic OH excluding ortho intramolecular Hbond substituents is 1. The number of benzene rings is 1. The van der Waals surface area contributed by atoms with Crippen molar-refractivity contribution in [2.75, 3.05) is 0 Å². The summed E-state index contributed by atoms with van der Waals surface area (Å²) in [6.45, 7) is 4.05. The lowest BCUT2D eigenvalue weighted by molar-refractivity contribution is 0.0948. The zero-order valence-corrected chi connectivity index (χ0v) is 11.0. The number of para-hydroxylation sites is 1. The Balaban J connectivity index is 2.06. The third-order valence-electron chi connectivity index (χ3n) is 2.55. The summed E-state index contributed by atoms with van der Waals surface area (Å²) in [5, 5.41) is 15.3. The van der Waals surface area contributed by atoms with E-state index in [2.05, 4.69) is 10.3 Å². The van der Waals surface area contributed by atoms with E-state index in [4.69, 9.17) is 0 Å². The Bertz CT molecular complexity index is 578. The second kappa shape index (κ2) is 5.18. The lowest BCUT2D eigenvalue weighted by Gasteiger charge is -2.07. The van der Waals surface area contributed by atoms with Crippen LogP contribution in [0.4, 0.5) is 0 Å². The molecule has 2 N–H and O–H groups in total. The van der Waals surface area contributed by atoms with Gasteiger partial charge in [-0.3, -0.25) is 4.79 Å². The van der Waals surface area contributed by atoms with Gasteiger partial charge in [0.25, 0.3) is 5.91 Å². The molecule has 0 unspecified atom stereocenters. The molecular formula is C13H14N2O2S. The summed E-state index contributed by atoms with van der Waals surface area (Å²) < 4.78 is 0. The molecule has 0 aliphatic rings. The minimum atomic E-state index is -0.288. The molecule has 0 bridgehead atoms. The van der Waals surface area contributed by atoms with Gasteiger partial charge in [-0.05, 0) is 25.5 Å². The highest BCUT2D eigenvalue weighted by Crippen LogP contribution is 2.21. The maximum Gasteiger partial charge on any atom is 0.255 e. The molecule has 0 radical (unpaired) electrons. The smallest absolute Gasteiger partial charge is 0.255 e. The Labute approximate surface area is 109 Å². The van der Waals surface area contributed by atoms with Crippen molar-refractivity contribution in [1.29, 1.82) is 0 Å². The Morgan fingerprint density at radius 3 is 2.89 bits per heavy atom. The minimum Gasteiger partial charge on any atom is -0.507 e. The maximum absolute atomic E-state index is 11.9. The normalized spacial score (nSPS) is 10.3. The SMILES string of the molecule is Cc1csc(CNC(=O)c2cccc(C)c2O)n1. The van der Waals surface area contributed by atoms with Crippen LogP contribution < -0.4 is 5.32 Å². The van der Waals surface area contributed by atoms with Crippen molar-refractivity contribution >= 4 is 17.2 Å². The van der Waals surface area contributed by atoms with Gasteiger partial charge in [0.1, 0.15) is 10.8 Å². The van der Waals surface area contributed by atoms with Gasteiger partial charge >= 0.3 is 0 Å². The van der Waals surface area contributed by atoms with Crippen LogP contribution in [0.15, 0.2) is 23.6 Å². The number of carbonyl (C=O) groups is 1. The van der Waals surface area contributed by atoms with Gasteiger partial charge in [-0.1, -0.05) is 12.1 Å². The molecule has 1 aromatic carbocycles. The van der Waals surface area contributed by atoms with Crippen molar-refractivity contribution in [2.45, 2.75) is 20.4 Å². The molecular weight excluding hydrogens is 248 g/mol. The van der Waals surface area contributed by atoms with Crippen LogP contribution in [0.5, 0.6) is 5.75 Å². The second-order valence-corrected chi connectivity index (χ2v) is 4.98. The zero-order valence-electron chi connectivity index (χ0n) is 10.2. The average Bonchev–Trinajstić information content (AvgIpc) is 2.76. The Hall–Kier alpha value is -1.88. The molecule has 1 amide bonds. The lowest BCUT2D eigenvalue weighted by Crippen LogP contribution is -2.22. The molecule has 1 aromatic heterocycles. The lowest BCUT2D eigenvalue weighted by atomic mass is 10.1. The van der Waals surface area contributed by atoms with E-state index in [0.717, 1.165) is 10.7 Å². The molecule has 2 aromatic rings. The van der Waals surface area contributed by atoms with E-state index in [9.17, 15) is 9.90 Å². The number of hydrogen-bond acceptors (Lipinski definition) is 4. The molecule has 0 spiro atoms. The van der Waals surface area contributed by atoms with Gasteiger partial charge in [0.05, 0.1) is 12.1 Å². The predicted octanol–water partition coefficient (Wildman–Crippen LogP) is 2.40. The number of rotatable bonds is 3. The van der Waals surface area contributed by atoms with E-state index in [1.807, 2.05) is 12.3 Å². The highest BCUT2D eigenvalue weighted by molar-refractivity contribution is 7.09. The monoisotopic (exact) mass is 262 g/mol. The topological polar surface area (TPSA) is 62.2 Å². The van der Waals surface area contributed by atoms with Crippen molar-refractivity contribution < 1.29 is 9.90 Å². The first-order valence-electron chi connectivity index (χ1n) is 5.55. The Kier molecular flexibility index (Phi) is 3.62. The first kappa shape index (κ1) is 12.6. The highest BCUT2D eigenvalue weighted by atomic mass is 32.1. The summed E-state index contributed by atoms with van der Waals surface area (Å²) in [7, 11) is 0. The van der Waals surface area contributed by atoms with Crippen molar-refractivity contribution in [1.82, 2.24) is 10.3 Å². The number of hydrogen-bond donors (Lipinski definition) is 2. The number of aromatic hydroxyl groups is 1. The van der Waals surface area contributed by atoms with Crippen LogP contribution in [0.2, 0.25) is 0 Å². The standard InChI is InChI=1S/C13H14N2O2S/c1-8-4-3-5-10(12(8)16)13(17)14-6-11-15-9(2)7-18-11/h3-5,7,16H,6H2,1-2H3,(H,14,17). The molecule has 1 heterocycles. The number of thiazole rings is 1. The van der Waals surface area contributed by atoms with Crippen LogP contribution in [-0.4, -0.2) is 16.0 Å². The molecule has 94 valence electrons. The molecule has 4 nitrogen and oxygen atoms in total. The summed E-state index contributed by atoms with van der Waals surface area (Å²) in [5.41, 5.74) is 1.93. The second-order valence-electron chi connectivity index (χ2n) is 4.04. The maximum atomic E-state index is 11.9. The first-order valence-corrected chi connectivity index (χ1v) is 6.43.